The molecule has 104 valence electrons. The van der Waals surface area contributed by atoms with Gasteiger partial charge in [-0.15, -0.1) is 0 Å². The van der Waals surface area contributed by atoms with Crippen molar-refractivity contribution < 1.29 is 0 Å². The minimum atomic E-state index is -0.0537. The van der Waals surface area contributed by atoms with E-state index in [0.29, 0.717) is 0 Å². The molecule has 0 fully saturated rings. The fraction of sp³-hybridized carbons (Fsp3) is 0.200. The summed E-state index contributed by atoms with van der Waals surface area (Å²) >= 11 is 0. The van der Waals surface area contributed by atoms with Crippen molar-refractivity contribution >= 4 is 10.8 Å². The quantitative estimate of drug-likeness (QED) is 0.737. The number of fused-ring (bicyclic) bond motifs is 2. The molecule has 0 amide bonds. The molecule has 0 saturated heterocycles. The van der Waals surface area contributed by atoms with Gasteiger partial charge in [0.05, 0.1) is 6.04 Å². The van der Waals surface area contributed by atoms with Crippen LogP contribution in [0.3, 0.4) is 0 Å². The Morgan fingerprint density at radius 1 is 0.810 bits per heavy atom. The van der Waals surface area contributed by atoms with Gasteiger partial charge in [-0.25, -0.2) is 0 Å². The van der Waals surface area contributed by atoms with Gasteiger partial charge < -0.3 is 5.73 Å². The van der Waals surface area contributed by atoms with Crippen LogP contribution in [-0.2, 0) is 12.8 Å². The monoisotopic (exact) mass is 273 g/mol. The fourth-order valence-corrected chi connectivity index (χ4v) is 3.49. The van der Waals surface area contributed by atoms with Crippen molar-refractivity contribution in [3.63, 3.8) is 0 Å². The van der Waals surface area contributed by atoms with E-state index in [9.17, 15) is 0 Å². The van der Waals surface area contributed by atoms with Gasteiger partial charge in [0.2, 0.25) is 0 Å². The molecule has 1 atom stereocenters. The van der Waals surface area contributed by atoms with Crippen LogP contribution in [0, 0.1) is 0 Å². The molecule has 0 heterocycles. The molecule has 1 nitrogen and oxygen atoms in total. The predicted molar refractivity (Wildman–Crippen MR) is 88.4 cm³/mol. The van der Waals surface area contributed by atoms with Crippen LogP contribution in [-0.4, -0.2) is 0 Å². The Morgan fingerprint density at radius 2 is 1.62 bits per heavy atom. The molecule has 0 bridgehead atoms. The summed E-state index contributed by atoms with van der Waals surface area (Å²) in [5.74, 6) is 0. The van der Waals surface area contributed by atoms with Crippen molar-refractivity contribution in [3.05, 3.63) is 82.9 Å². The molecule has 0 aromatic heterocycles. The summed E-state index contributed by atoms with van der Waals surface area (Å²) in [6.07, 6.45) is 3.70. The van der Waals surface area contributed by atoms with E-state index in [-0.39, 0.29) is 6.04 Å². The normalized spacial score (nSPS) is 15.1. The van der Waals surface area contributed by atoms with Crippen molar-refractivity contribution in [3.8, 4) is 0 Å². The lowest BCUT2D eigenvalue weighted by molar-refractivity contribution is 0.876. The summed E-state index contributed by atoms with van der Waals surface area (Å²) in [4.78, 5) is 0. The number of nitrogens with two attached hydrogens (primary N) is 1. The van der Waals surface area contributed by atoms with Gasteiger partial charge in [0.25, 0.3) is 0 Å². The average molecular weight is 273 g/mol. The van der Waals surface area contributed by atoms with Gasteiger partial charge in [-0.2, -0.15) is 0 Å². The van der Waals surface area contributed by atoms with E-state index in [1.54, 1.807) is 0 Å². The van der Waals surface area contributed by atoms with Gasteiger partial charge >= 0.3 is 0 Å². The summed E-state index contributed by atoms with van der Waals surface area (Å²) in [5.41, 5.74) is 12.0. The molecule has 3 aromatic rings. The summed E-state index contributed by atoms with van der Waals surface area (Å²) in [6, 6.07) is 21.6. The number of hydrogen-bond acceptors (Lipinski definition) is 1. The minimum Gasteiger partial charge on any atom is -0.320 e. The van der Waals surface area contributed by atoms with E-state index in [1.807, 2.05) is 0 Å². The van der Waals surface area contributed by atoms with Crippen LogP contribution in [0.5, 0.6) is 0 Å². The van der Waals surface area contributed by atoms with Gasteiger partial charge in [0, 0.05) is 0 Å². The van der Waals surface area contributed by atoms with Crippen LogP contribution >= 0.6 is 0 Å². The summed E-state index contributed by atoms with van der Waals surface area (Å²) in [5, 5.41) is 2.51. The van der Waals surface area contributed by atoms with E-state index in [4.69, 9.17) is 5.73 Å². The van der Waals surface area contributed by atoms with Gasteiger partial charge in [-0.05, 0) is 52.3 Å². The first-order valence-corrected chi connectivity index (χ1v) is 7.68. The molecule has 0 spiro atoms. The second kappa shape index (κ2) is 5.01. The van der Waals surface area contributed by atoms with Crippen LogP contribution in [0.15, 0.2) is 60.7 Å². The average Bonchev–Trinajstić information content (AvgIpc) is 3.01. The third-order valence-electron chi connectivity index (χ3n) is 4.64. The van der Waals surface area contributed by atoms with Gasteiger partial charge in [-0.3, -0.25) is 0 Å². The van der Waals surface area contributed by atoms with Crippen molar-refractivity contribution in [1.29, 1.82) is 0 Å². The van der Waals surface area contributed by atoms with Gasteiger partial charge in [-0.1, -0.05) is 60.7 Å². The van der Waals surface area contributed by atoms with E-state index in [1.165, 1.54) is 52.3 Å². The molecule has 0 aliphatic heterocycles. The van der Waals surface area contributed by atoms with Crippen LogP contribution in [0.1, 0.15) is 34.7 Å². The Bertz CT molecular complexity index is 799. The van der Waals surface area contributed by atoms with Crippen LogP contribution in [0.25, 0.3) is 10.8 Å². The Morgan fingerprint density at radius 3 is 2.57 bits per heavy atom. The standard InChI is InChI=1S/C20H19N/c21-20(17-12-11-14-6-3-8-16(14)13-17)19-10-4-7-15-5-1-2-9-18(15)19/h1-2,4-5,7,9-13,20H,3,6,8,21H2. The van der Waals surface area contributed by atoms with Crippen LogP contribution in [0.4, 0.5) is 0 Å². The number of hydrogen-bond donors (Lipinski definition) is 1. The van der Waals surface area contributed by atoms with Crippen LogP contribution < -0.4 is 5.73 Å². The lowest BCUT2D eigenvalue weighted by atomic mass is 9.93. The maximum atomic E-state index is 6.58. The van der Waals surface area contributed by atoms with Crippen molar-refractivity contribution in [2.75, 3.05) is 0 Å². The highest BCUT2D eigenvalue weighted by Crippen LogP contribution is 2.30. The van der Waals surface area contributed by atoms with Gasteiger partial charge in [0.15, 0.2) is 0 Å². The molecule has 1 aliphatic carbocycles. The number of benzene rings is 3. The molecular weight excluding hydrogens is 254 g/mol. The number of rotatable bonds is 2. The molecule has 3 aromatic carbocycles. The zero-order valence-corrected chi connectivity index (χ0v) is 12.0. The SMILES string of the molecule is NC(c1ccc2c(c1)CCC2)c1cccc2ccccc12. The Kier molecular flexibility index (Phi) is 3.01. The molecule has 4 rings (SSSR count). The summed E-state index contributed by atoms with van der Waals surface area (Å²) in [6.45, 7) is 0. The first kappa shape index (κ1) is 12.6. The minimum absolute atomic E-state index is 0.0537. The Hall–Kier alpha value is -2.12. The topological polar surface area (TPSA) is 26.0 Å². The Labute approximate surface area is 125 Å². The second-order valence-electron chi connectivity index (χ2n) is 5.93. The molecule has 2 N–H and O–H groups in total. The lowest BCUT2D eigenvalue weighted by Crippen LogP contribution is -2.12. The first-order chi connectivity index (χ1) is 10.3. The summed E-state index contributed by atoms with van der Waals surface area (Å²) < 4.78 is 0. The molecule has 1 heteroatoms. The highest BCUT2D eigenvalue weighted by molar-refractivity contribution is 5.86. The maximum absolute atomic E-state index is 6.58. The first-order valence-electron chi connectivity index (χ1n) is 7.68. The predicted octanol–water partition coefficient (Wildman–Crippen LogP) is 4.38. The fourth-order valence-electron chi connectivity index (χ4n) is 3.49. The second-order valence-corrected chi connectivity index (χ2v) is 5.93. The van der Waals surface area contributed by atoms with E-state index in [0.717, 1.165) is 0 Å². The molecular formula is C20H19N. The largest absolute Gasteiger partial charge is 0.320 e. The summed E-state index contributed by atoms with van der Waals surface area (Å²) in [7, 11) is 0. The molecule has 21 heavy (non-hydrogen) atoms. The van der Waals surface area contributed by atoms with Gasteiger partial charge in [0.1, 0.15) is 0 Å². The molecule has 0 saturated carbocycles. The lowest BCUT2D eigenvalue weighted by Gasteiger charge is -2.16. The van der Waals surface area contributed by atoms with E-state index < -0.39 is 0 Å². The van der Waals surface area contributed by atoms with Crippen molar-refractivity contribution in [2.45, 2.75) is 25.3 Å². The number of aryl methyl sites for hydroxylation is 2. The van der Waals surface area contributed by atoms with E-state index >= 15 is 0 Å². The third-order valence-corrected chi connectivity index (χ3v) is 4.64. The molecule has 1 unspecified atom stereocenters. The zero-order chi connectivity index (χ0) is 14.2. The van der Waals surface area contributed by atoms with Crippen molar-refractivity contribution in [1.82, 2.24) is 0 Å². The Balaban J connectivity index is 1.81. The van der Waals surface area contributed by atoms with Crippen LogP contribution in [0.2, 0.25) is 0 Å². The van der Waals surface area contributed by atoms with Crippen molar-refractivity contribution in [2.24, 2.45) is 5.73 Å². The maximum Gasteiger partial charge on any atom is 0.0557 e. The highest BCUT2D eigenvalue weighted by Gasteiger charge is 2.16. The molecule has 1 aliphatic rings. The smallest absolute Gasteiger partial charge is 0.0557 e. The molecule has 0 radical (unpaired) electrons. The highest BCUT2D eigenvalue weighted by atomic mass is 14.6. The van der Waals surface area contributed by atoms with E-state index in [2.05, 4.69) is 60.7 Å². The zero-order valence-electron chi connectivity index (χ0n) is 12.0. The third kappa shape index (κ3) is 2.14.